The van der Waals surface area contributed by atoms with Gasteiger partial charge in [0.05, 0.1) is 10.7 Å². The summed E-state index contributed by atoms with van der Waals surface area (Å²) in [5.74, 6) is 0. The van der Waals surface area contributed by atoms with Crippen LogP contribution < -0.4 is 0 Å². The summed E-state index contributed by atoms with van der Waals surface area (Å²) in [5.41, 5.74) is 1.67. The number of sulfonamides is 1. The predicted molar refractivity (Wildman–Crippen MR) is 101 cm³/mol. The van der Waals surface area contributed by atoms with E-state index in [4.69, 9.17) is 23.2 Å². The van der Waals surface area contributed by atoms with Crippen LogP contribution >= 0.6 is 23.2 Å². The van der Waals surface area contributed by atoms with Crippen molar-refractivity contribution < 1.29 is 8.42 Å². The largest absolute Gasteiger partial charge is 0.244 e. The molecule has 0 aliphatic heterocycles. The van der Waals surface area contributed by atoms with Gasteiger partial charge in [-0.2, -0.15) is 9.40 Å². The minimum atomic E-state index is -3.80. The van der Waals surface area contributed by atoms with Crippen LogP contribution in [0.5, 0.6) is 0 Å². The van der Waals surface area contributed by atoms with E-state index in [0.29, 0.717) is 5.02 Å². The fraction of sp³-hybridized carbons (Fsp3) is 0.176. The van der Waals surface area contributed by atoms with Crippen LogP contribution in [0.2, 0.25) is 10.0 Å². The summed E-state index contributed by atoms with van der Waals surface area (Å²) < 4.78 is 28.8. The van der Waals surface area contributed by atoms with Crippen LogP contribution in [0, 0.1) is 0 Å². The molecule has 136 valence electrons. The third-order valence-corrected chi connectivity index (χ3v) is 6.80. The van der Waals surface area contributed by atoms with Crippen LogP contribution in [0.4, 0.5) is 0 Å². The van der Waals surface area contributed by atoms with E-state index in [0.717, 1.165) is 11.3 Å². The van der Waals surface area contributed by atoms with E-state index in [1.165, 1.54) is 29.8 Å². The Morgan fingerprint density at radius 3 is 2.42 bits per heavy atom. The van der Waals surface area contributed by atoms with Gasteiger partial charge in [-0.25, -0.2) is 18.1 Å². The second-order valence-electron chi connectivity index (χ2n) is 5.70. The first-order valence-electron chi connectivity index (χ1n) is 7.69. The van der Waals surface area contributed by atoms with Crippen molar-refractivity contribution in [2.75, 3.05) is 7.05 Å². The minimum Gasteiger partial charge on any atom is -0.223 e. The molecule has 3 aromatic rings. The van der Waals surface area contributed by atoms with Crippen molar-refractivity contribution in [1.29, 1.82) is 0 Å². The van der Waals surface area contributed by atoms with E-state index in [-0.39, 0.29) is 9.92 Å². The number of halogens is 2. The fourth-order valence-electron chi connectivity index (χ4n) is 2.50. The van der Waals surface area contributed by atoms with Gasteiger partial charge in [-0.05, 0) is 42.8 Å². The lowest BCUT2D eigenvalue weighted by atomic mass is 10.1. The molecule has 0 aliphatic carbocycles. The summed E-state index contributed by atoms with van der Waals surface area (Å²) in [4.78, 5) is 3.89. The first-order valence-corrected chi connectivity index (χ1v) is 9.88. The topological polar surface area (TPSA) is 68.1 Å². The van der Waals surface area contributed by atoms with E-state index in [9.17, 15) is 8.42 Å². The molecule has 0 aliphatic rings. The SMILES string of the molecule is C[C@H](c1ccc(-n2cncn2)cc1)N(C)S(=O)(=O)c1cc(Cl)ccc1Cl. The van der Waals surface area contributed by atoms with Gasteiger partial charge in [-0.15, -0.1) is 0 Å². The Morgan fingerprint density at radius 2 is 1.81 bits per heavy atom. The van der Waals surface area contributed by atoms with Crippen LogP contribution in [-0.4, -0.2) is 34.5 Å². The lowest BCUT2D eigenvalue weighted by molar-refractivity contribution is 0.398. The highest BCUT2D eigenvalue weighted by Gasteiger charge is 2.28. The highest BCUT2D eigenvalue weighted by molar-refractivity contribution is 7.89. The first-order chi connectivity index (χ1) is 12.3. The molecular formula is C17H16Cl2N4O2S. The molecule has 26 heavy (non-hydrogen) atoms. The molecule has 0 fully saturated rings. The van der Waals surface area contributed by atoms with Crippen molar-refractivity contribution in [3.05, 3.63) is 70.7 Å². The molecule has 0 saturated heterocycles. The number of rotatable bonds is 5. The maximum atomic E-state index is 12.9. The molecule has 9 heteroatoms. The molecule has 6 nitrogen and oxygen atoms in total. The van der Waals surface area contributed by atoms with E-state index in [1.54, 1.807) is 24.0 Å². The van der Waals surface area contributed by atoms with E-state index < -0.39 is 16.1 Å². The van der Waals surface area contributed by atoms with Crippen LogP contribution in [0.25, 0.3) is 5.69 Å². The highest BCUT2D eigenvalue weighted by atomic mass is 35.5. The number of nitrogens with zero attached hydrogens (tertiary/aromatic N) is 4. The molecule has 0 saturated carbocycles. The van der Waals surface area contributed by atoms with Crippen LogP contribution in [0.15, 0.2) is 60.0 Å². The van der Waals surface area contributed by atoms with Gasteiger partial charge in [-0.1, -0.05) is 35.3 Å². The lowest BCUT2D eigenvalue weighted by Gasteiger charge is -2.25. The lowest BCUT2D eigenvalue weighted by Crippen LogP contribution is -2.30. The van der Waals surface area contributed by atoms with E-state index in [2.05, 4.69) is 10.1 Å². The Hall–Kier alpha value is -1.93. The second kappa shape index (κ2) is 7.36. The van der Waals surface area contributed by atoms with Crippen LogP contribution in [-0.2, 0) is 10.0 Å². The predicted octanol–water partition coefficient (Wildman–Crippen LogP) is 3.96. The van der Waals surface area contributed by atoms with Gasteiger partial charge in [0, 0.05) is 18.1 Å². The van der Waals surface area contributed by atoms with Gasteiger partial charge in [0.15, 0.2) is 0 Å². The minimum absolute atomic E-state index is 0.0137. The normalized spacial score (nSPS) is 13.1. The zero-order valence-electron chi connectivity index (χ0n) is 14.0. The summed E-state index contributed by atoms with van der Waals surface area (Å²) in [7, 11) is -2.29. The molecule has 1 aromatic heterocycles. The maximum absolute atomic E-state index is 12.9. The average Bonchev–Trinajstić information content (AvgIpc) is 3.17. The van der Waals surface area contributed by atoms with Gasteiger partial charge in [0.2, 0.25) is 10.0 Å². The Morgan fingerprint density at radius 1 is 1.12 bits per heavy atom. The van der Waals surface area contributed by atoms with Gasteiger partial charge in [0.1, 0.15) is 17.6 Å². The highest BCUT2D eigenvalue weighted by Crippen LogP contribution is 2.31. The van der Waals surface area contributed by atoms with Crippen LogP contribution in [0.3, 0.4) is 0 Å². The molecule has 2 aromatic carbocycles. The molecule has 0 N–H and O–H groups in total. The molecule has 0 unspecified atom stereocenters. The van der Waals surface area contributed by atoms with Crippen molar-refractivity contribution >= 4 is 33.2 Å². The van der Waals surface area contributed by atoms with Gasteiger partial charge >= 0.3 is 0 Å². The smallest absolute Gasteiger partial charge is 0.223 e. The number of hydrogen-bond donors (Lipinski definition) is 0. The summed E-state index contributed by atoms with van der Waals surface area (Å²) in [6.07, 6.45) is 3.04. The Kier molecular flexibility index (Phi) is 5.34. The first kappa shape index (κ1) is 18.8. The standard InChI is InChI=1S/C17H16Cl2N4O2S/c1-12(13-3-6-15(7-4-13)23-11-20-10-21-23)22(2)26(24,25)17-9-14(18)5-8-16(17)19/h3-12H,1-2H3/t12-/m1/s1. The van der Waals surface area contributed by atoms with Crippen molar-refractivity contribution in [1.82, 2.24) is 19.1 Å². The Bertz CT molecular complexity index is 1010. The number of aromatic nitrogens is 3. The van der Waals surface area contributed by atoms with E-state index in [1.807, 2.05) is 24.3 Å². The van der Waals surface area contributed by atoms with Gasteiger partial charge < -0.3 is 0 Å². The third-order valence-electron chi connectivity index (χ3n) is 4.15. The van der Waals surface area contributed by atoms with Crippen molar-refractivity contribution in [3.63, 3.8) is 0 Å². The Balaban J connectivity index is 1.89. The van der Waals surface area contributed by atoms with Gasteiger partial charge in [0.25, 0.3) is 0 Å². The maximum Gasteiger partial charge on any atom is 0.244 e. The number of hydrogen-bond acceptors (Lipinski definition) is 4. The van der Waals surface area contributed by atoms with Crippen molar-refractivity contribution in [2.24, 2.45) is 0 Å². The molecule has 0 amide bonds. The second-order valence-corrected chi connectivity index (χ2v) is 8.51. The molecular weight excluding hydrogens is 395 g/mol. The van der Waals surface area contributed by atoms with Gasteiger partial charge in [-0.3, -0.25) is 0 Å². The van der Waals surface area contributed by atoms with Crippen molar-refractivity contribution in [2.45, 2.75) is 17.9 Å². The zero-order valence-corrected chi connectivity index (χ0v) is 16.4. The molecule has 1 atom stereocenters. The zero-order chi connectivity index (χ0) is 18.9. The monoisotopic (exact) mass is 410 g/mol. The number of benzene rings is 2. The molecule has 0 spiro atoms. The average molecular weight is 411 g/mol. The summed E-state index contributed by atoms with van der Waals surface area (Å²) in [5, 5.41) is 4.51. The summed E-state index contributed by atoms with van der Waals surface area (Å²) in [6.45, 7) is 1.81. The summed E-state index contributed by atoms with van der Waals surface area (Å²) in [6, 6.07) is 11.4. The fourth-order valence-corrected chi connectivity index (χ4v) is 4.58. The summed E-state index contributed by atoms with van der Waals surface area (Å²) >= 11 is 12.0. The molecule has 0 bridgehead atoms. The van der Waals surface area contributed by atoms with E-state index >= 15 is 0 Å². The molecule has 1 heterocycles. The molecule has 0 radical (unpaired) electrons. The quantitative estimate of drug-likeness (QED) is 0.638. The third kappa shape index (κ3) is 3.61. The molecule has 3 rings (SSSR count). The Labute approximate surface area is 162 Å². The van der Waals surface area contributed by atoms with Crippen LogP contribution in [0.1, 0.15) is 18.5 Å². The van der Waals surface area contributed by atoms with Crippen molar-refractivity contribution in [3.8, 4) is 5.69 Å².